The van der Waals surface area contributed by atoms with Crippen molar-refractivity contribution in [3.8, 4) is 0 Å². The predicted molar refractivity (Wildman–Crippen MR) is 101 cm³/mol. The van der Waals surface area contributed by atoms with Gasteiger partial charge in [-0.2, -0.15) is 4.68 Å². The van der Waals surface area contributed by atoms with Crippen molar-refractivity contribution in [1.82, 2.24) is 30.0 Å². The van der Waals surface area contributed by atoms with Gasteiger partial charge in [-0.3, -0.25) is 14.9 Å². The highest BCUT2D eigenvalue weighted by Crippen LogP contribution is 2.47. The lowest BCUT2D eigenvalue weighted by Gasteiger charge is -2.45. The zero-order valence-corrected chi connectivity index (χ0v) is 16.0. The van der Waals surface area contributed by atoms with Crippen LogP contribution in [0.5, 0.6) is 0 Å². The summed E-state index contributed by atoms with van der Waals surface area (Å²) in [6, 6.07) is 0.384. The van der Waals surface area contributed by atoms with Crippen LogP contribution < -0.4 is 10.3 Å². The van der Waals surface area contributed by atoms with E-state index in [2.05, 4.69) is 37.1 Å². The van der Waals surface area contributed by atoms with Crippen molar-refractivity contribution in [3.05, 3.63) is 23.4 Å². The van der Waals surface area contributed by atoms with Gasteiger partial charge in [-0.1, -0.05) is 25.0 Å². The van der Waals surface area contributed by atoms with Crippen LogP contribution in [-0.2, 0) is 6.42 Å². The SMILES string of the molecule is CC1CC1Cc1cnnn1C1=NNC2C3CCCCC3n3c(cnc3Cl)N12. The first-order valence-electron chi connectivity index (χ1n) is 9.97. The number of anilines is 1. The lowest BCUT2D eigenvalue weighted by Crippen LogP contribution is -2.55. The largest absolute Gasteiger partial charge is 0.298 e. The van der Waals surface area contributed by atoms with Crippen LogP contribution in [0.4, 0.5) is 5.82 Å². The summed E-state index contributed by atoms with van der Waals surface area (Å²) in [6.07, 6.45) is 10.9. The van der Waals surface area contributed by atoms with Gasteiger partial charge in [0.05, 0.1) is 18.1 Å². The summed E-state index contributed by atoms with van der Waals surface area (Å²) in [6.45, 7) is 2.30. The molecule has 2 aromatic heterocycles. The Bertz CT molecular complexity index is 916. The summed E-state index contributed by atoms with van der Waals surface area (Å²) in [7, 11) is 0. The molecule has 0 radical (unpaired) electrons. The van der Waals surface area contributed by atoms with Crippen LogP contribution >= 0.6 is 11.6 Å². The molecule has 0 amide bonds. The lowest BCUT2D eigenvalue weighted by molar-refractivity contribution is 0.176. The molecule has 0 aromatic carbocycles. The number of hydrazone groups is 1. The number of aromatic nitrogens is 5. The van der Waals surface area contributed by atoms with Gasteiger partial charge in [-0.05, 0) is 49.1 Å². The Balaban J connectivity index is 1.41. The summed E-state index contributed by atoms with van der Waals surface area (Å²) in [5, 5.41) is 13.8. The van der Waals surface area contributed by atoms with Gasteiger partial charge in [0, 0.05) is 12.0 Å². The van der Waals surface area contributed by atoms with Crippen LogP contribution in [0.1, 0.15) is 50.8 Å². The standard InChI is InChI=1S/C18H23ClN8/c1-10-6-11(10)7-12-8-21-24-27(12)18-23-22-16-13-4-2-3-5-14(13)25-15(26(16)18)9-20-17(25)19/h8-11,13-14,16,22H,2-7H2,1H3. The minimum Gasteiger partial charge on any atom is -0.298 e. The third-order valence-electron chi connectivity index (χ3n) is 6.85. The molecule has 2 aromatic rings. The second-order valence-corrected chi connectivity index (χ2v) is 8.78. The Kier molecular flexibility index (Phi) is 3.36. The fourth-order valence-corrected chi connectivity index (χ4v) is 5.46. The monoisotopic (exact) mass is 386 g/mol. The molecular weight excluding hydrogens is 364 g/mol. The molecule has 27 heavy (non-hydrogen) atoms. The van der Waals surface area contributed by atoms with Crippen molar-refractivity contribution in [2.75, 3.05) is 4.90 Å². The summed E-state index contributed by atoms with van der Waals surface area (Å²) >= 11 is 6.50. The number of hydrogen-bond donors (Lipinski definition) is 1. The van der Waals surface area contributed by atoms with Crippen molar-refractivity contribution in [2.45, 2.75) is 57.7 Å². The smallest absolute Gasteiger partial charge is 0.252 e. The van der Waals surface area contributed by atoms with Crippen molar-refractivity contribution in [1.29, 1.82) is 0 Å². The molecule has 142 valence electrons. The van der Waals surface area contributed by atoms with Gasteiger partial charge in [0.1, 0.15) is 12.0 Å². The lowest BCUT2D eigenvalue weighted by atomic mass is 9.80. The highest BCUT2D eigenvalue weighted by Gasteiger charge is 2.48. The van der Waals surface area contributed by atoms with Crippen molar-refractivity contribution in [2.24, 2.45) is 22.9 Å². The number of halogens is 1. The maximum Gasteiger partial charge on any atom is 0.252 e. The van der Waals surface area contributed by atoms with Gasteiger partial charge >= 0.3 is 0 Å². The van der Waals surface area contributed by atoms with E-state index >= 15 is 0 Å². The average molecular weight is 387 g/mol. The molecule has 0 bridgehead atoms. The van der Waals surface area contributed by atoms with E-state index in [0.29, 0.717) is 17.2 Å². The number of hydrogen-bond acceptors (Lipinski definition) is 6. The third kappa shape index (κ3) is 2.28. The van der Waals surface area contributed by atoms with Gasteiger partial charge in [-0.15, -0.1) is 10.2 Å². The molecule has 6 rings (SSSR count). The first-order chi connectivity index (χ1) is 13.2. The molecular formula is C18H23ClN8. The molecule has 2 aliphatic carbocycles. The highest BCUT2D eigenvalue weighted by atomic mass is 35.5. The molecule has 4 heterocycles. The van der Waals surface area contributed by atoms with Gasteiger partial charge < -0.3 is 0 Å². The van der Waals surface area contributed by atoms with Crippen LogP contribution in [0.25, 0.3) is 0 Å². The Morgan fingerprint density at radius 2 is 2.11 bits per heavy atom. The summed E-state index contributed by atoms with van der Waals surface area (Å²) < 4.78 is 4.09. The van der Waals surface area contributed by atoms with Crippen molar-refractivity contribution < 1.29 is 0 Å². The fraction of sp³-hybridized carbons (Fsp3) is 0.667. The molecule has 2 fully saturated rings. The molecule has 8 nitrogen and oxygen atoms in total. The summed E-state index contributed by atoms with van der Waals surface area (Å²) in [5.74, 6) is 3.76. The van der Waals surface area contributed by atoms with Gasteiger partial charge in [0.15, 0.2) is 0 Å². The Hall–Kier alpha value is -2.09. The first kappa shape index (κ1) is 15.9. The van der Waals surface area contributed by atoms with Crippen LogP contribution in [-0.4, -0.2) is 36.7 Å². The number of fused-ring (bicyclic) bond motifs is 6. The summed E-state index contributed by atoms with van der Waals surface area (Å²) in [4.78, 5) is 6.64. The topological polar surface area (TPSA) is 76.2 Å². The normalized spacial score (nSPS) is 33.8. The second-order valence-electron chi connectivity index (χ2n) is 8.44. The maximum absolute atomic E-state index is 6.50. The van der Waals surface area contributed by atoms with E-state index in [1.807, 2.05) is 17.1 Å². The Labute approximate surface area is 162 Å². The van der Waals surface area contributed by atoms with Crippen molar-refractivity contribution in [3.63, 3.8) is 0 Å². The van der Waals surface area contributed by atoms with E-state index in [4.69, 9.17) is 16.7 Å². The Morgan fingerprint density at radius 3 is 2.96 bits per heavy atom. The molecule has 9 heteroatoms. The van der Waals surface area contributed by atoms with E-state index < -0.39 is 0 Å². The van der Waals surface area contributed by atoms with Gasteiger partial charge in [0.25, 0.3) is 5.96 Å². The molecule has 2 aliphatic heterocycles. The van der Waals surface area contributed by atoms with Crippen LogP contribution in [0.3, 0.4) is 0 Å². The predicted octanol–water partition coefficient (Wildman–Crippen LogP) is 2.63. The summed E-state index contributed by atoms with van der Waals surface area (Å²) in [5.41, 5.74) is 4.51. The second kappa shape index (κ2) is 5.70. The average Bonchev–Trinajstić information content (AvgIpc) is 3.07. The van der Waals surface area contributed by atoms with E-state index in [0.717, 1.165) is 42.1 Å². The van der Waals surface area contributed by atoms with E-state index in [1.165, 1.54) is 25.7 Å². The maximum atomic E-state index is 6.50. The molecule has 2 saturated carbocycles. The first-order valence-corrected chi connectivity index (χ1v) is 10.4. The molecule has 1 N–H and O–H groups in total. The highest BCUT2D eigenvalue weighted by molar-refractivity contribution is 6.28. The van der Waals surface area contributed by atoms with Gasteiger partial charge in [0.2, 0.25) is 5.28 Å². The van der Waals surface area contributed by atoms with Crippen LogP contribution in [0.2, 0.25) is 5.28 Å². The zero-order valence-electron chi connectivity index (χ0n) is 15.3. The number of nitrogens with zero attached hydrogens (tertiary/aromatic N) is 7. The molecule has 0 saturated heterocycles. The quantitative estimate of drug-likeness (QED) is 0.858. The fourth-order valence-electron chi connectivity index (χ4n) is 5.20. The van der Waals surface area contributed by atoms with E-state index in [-0.39, 0.29) is 6.17 Å². The molecule has 5 atom stereocenters. The molecule has 4 aliphatic rings. The van der Waals surface area contributed by atoms with Crippen LogP contribution in [0, 0.1) is 17.8 Å². The zero-order chi connectivity index (χ0) is 18.1. The molecule has 0 spiro atoms. The van der Waals surface area contributed by atoms with Crippen molar-refractivity contribution >= 4 is 23.4 Å². The minimum absolute atomic E-state index is 0.127. The van der Waals surface area contributed by atoms with E-state index in [9.17, 15) is 0 Å². The van der Waals surface area contributed by atoms with Crippen LogP contribution in [0.15, 0.2) is 17.5 Å². The number of nitrogens with one attached hydrogen (secondary N) is 1. The van der Waals surface area contributed by atoms with Gasteiger partial charge in [-0.25, -0.2) is 4.98 Å². The number of rotatable bonds is 2. The number of imidazole rings is 1. The Morgan fingerprint density at radius 1 is 1.26 bits per heavy atom. The molecule has 5 unspecified atom stereocenters. The van der Waals surface area contributed by atoms with E-state index in [1.54, 1.807) is 0 Å². The third-order valence-corrected chi connectivity index (χ3v) is 7.12. The minimum atomic E-state index is 0.127.